The Morgan fingerprint density at radius 1 is 1.10 bits per heavy atom. The van der Waals surface area contributed by atoms with E-state index in [1.807, 2.05) is 19.1 Å². The summed E-state index contributed by atoms with van der Waals surface area (Å²) in [6.07, 6.45) is 0.135. The van der Waals surface area contributed by atoms with Crippen LogP contribution in [0, 0.1) is 18.3 Å². The van der Waals surface area contributed by atoms with Crippen LogP contribution in [0.5, 0.6) is 0 Å². The maximum atomic E-state index is 12.5. The molecule has 152 valence electrons. The number of anilines is 3. The largest absolute Gasteiger partial charge is 0.372 e. The lowest BCUT2D eigenvalue weighted by atomic mass is 10.1. The zero-order chi connectivity index (χ0) is 21.4. The summed E-state index contributed by atoms with van der Waals surface area (Å²) in [5.41, 5.74) is 3.81. The third-order valence-corrected chi connectivity index (χ3v) is 4.87. The van der Waals surface area contributed by atoms with Crippen molar-refractivity contribution in [2.75, 3.05) is 34.8 Å². The van der Waals surface area contributed by atoms with E-state index in [1.54, 1.807) is 24.3 Å². The Morgan fingerprint density at radius 3 is 2.38 bits per heavy atom. The Labute approximate surface area is 172 Å². The van der Waals surface area contributed by atoms with Crippen LogP contribution in [0.1, 0.15) is 38.3 Å². The molecule has 0 radical (unpaired) electrons. The Balaban J connectivity index is 2.06. The highest BCUT2D eigenvalue weighted by Gasteiger charge is 2.17. The first-order chi connectivity index (χ1) is 13.9. The van der Waals surface area contributed by atoms with Crippen molar-refractivity contribution < 1.29 is 9.59 Å². The molecule has 0 bridgehead atoms. The monoisotopic (exact) mass is 392 g/mol. The van der Waals surface area contributed by atoms with Crippen LogP contribution in [0.2, 0.25) is 0 Å². The highest BCUT2D eigenvalue weighted by Crippen LogP contribution is 2.23. The topological polar surface area (TPSA) is 76.4 Å². The summed E-state index contributed by atoms with van der Waals surface area (Å²) in [5.74, 6) is -0.385. The van der Waals surface area contributed by atoms with Gasteiger partial charge in [0.2, 0.25) is 11.8 Å². The number of rotatable bonds is 8. The lowest BCUT2D eigenvalue weighted by Gasteiger charge is -2.23. The zero-order valence-corrected chi connectivity index (χ0v) is 17.5. The minimum Gasteiger partial charge on any atom is -0.372 e. The number of para-hydroxylation sites is 1. The molecule has 0 aliphatic heterocycles. The smallest absolute Gasteiger partial charge is 0.226 e. The van der Waals surface area contributed by atoms with Crippen molar-refractivity contribution in [3.8, 4) is 6.07 Å². The first kappa shape index (κ1) is 22.0. The van der Waals surface area contributed by atoms with Gasteiger partial charge in [0.05, 0.1) is 11.3 Å². The molecule has 2 amide bonds. The average molecular weight is 393 g/mol. The van der Waals surface area contributed by atoms with E-state index >= 15 is 0 Å². The summed E-state index contributed by atoms with van der Waals surface area (Å²) in [7, 11) is 0. The zero-order valence-electron chi connectivity index (χ0n) is 17.5. The molecule has 0 fully saturated rings. The molecule has 0 unspecified atom stereocenters. The predicted octanol–water partition coefficient (Wildman–Crippen LogP) is 4.09. The van der Waals surface area contributed by atoms with E-state index in [0.29, 0.717) is 11.3 Å². The first-order valence-corrected chi connectivity index (χ1v) is 9.83. The third-order valence-electron chi connectivity index (χ3n) is 4.87. The molecule has 6 nitrogen and oxygen atoms in total. The van der Waals surface area contributed by atoms with Crippen LogP contribution >= 0.6 is 0 Å². The minimum absolute atomic E-state index is 0.135. The number of carbonyl (C=O) groups excluding carboxylic acids is 2. The van der Waals surface area contributed by atoms with Gasteiger partial charge >= 0.3 is 0 Å². The second-order valence-corrected chi connectivity index (χ2v) is 6.77. The van der Waals surface area contributed by atoms with Crippen LogP contribution in [0.25, 0.3) is 0 Å². The van der Waals surface area contributed by atoms with Crippen molar-refractivity contribution >= 4 is 28.9 Å². The Kier molecular flexibility index (Phi) is 7.79. The second kappa shape index (κ2) is 10.3. The molecule has 2 rings (SSSR count). The van der Waals surface area contributed by atoms with Crippen LogP contribution in [0.4, 0.5) is 17.1 Å². The fourth-order valence-corrected chi connectivity index (χ4v) is 3.25. The van der Waals surface area contributed by atoms with Gasteiger partial charge in [0, 0.05) is 44.4 Å². The summed E-state index contributed by atoms with van der Waals surface area (Å²) < 4.78 is 0. The number of hydrogen-bond acceptors (Lipinski definition) is 4. The molecule has 0 aromatic heterocycles. The van der Waals surface area contributed by atoms with Crippen LogP contribution in [-0.4, -0.2) is 31.4 Å². The van der Waals surface area contributed by atoms with Crippen LogP contribution in [0.15, 0.2) is 42.5 Å². The molecule has 0 aliphatic carbocycles. The fraction of sp³-hybridized carbons (Fsp3) is 0.348. The van der Waals surface area contributed by atoms with Crippen LogP contribution < -0.4 is 15.1 Å². The quantitative estimate of drug-likeness (QED) is 0.734. The molecule has 0 aliphatic rings. The Bertz CT molecular complexity index is 913. The van der Waals surface area contributed by atoms with Crippen molar-refractivity contribution in [3.05, 3.63) is 53.6 Å². The number of hydrogen-bond donors (Lipinski definition) is 1. The normalized spacial score (nSPS) is 10.2. The van der Waals surface area contributed by atoms with Crippen molar-refractivity contribution in [3.63, 3.8) is 0 Å². The summed E-state index contributed by atoms with van der Waals surface area (Å²) in [6, 6.07) is 15.0. The maximum absolute atomic E-state index is 12.5. The highest BCUT2D eigenvalue weighted by molar-refractivity contribution is 5.96. The molecular weight excluding hydrogens is 364 g/mol. The molecule has 0 saturated carbocycles. The van der Waals surface area contributed by atoms with Gasteiger partial charge in [0.15, 0.2) is 0 Å². The fourth-order valence-electron chi connectivity index (χ4n) is 3.25. The van der Waals surface area contributed by atoms with Crippen molar-refractivity contribution in [2.45, 2.75) is 34.1 Å². The number of carbonyl (C=O) groups is 2. The molecule has 0 spiro atoms. The summed E-state index contributed by atoms with van der Waals surface area (Å²) >= 11 is 0. The summed E-state index contributed by atoms with van der Waals surface area (Å²) in [4.78, 5) is 28.3. The average Bonchev–Trinajstić information content (AvgIpc) is 2.71. The maximum Gasteiger partial charge on any atom is 0.226 e. The minimum atomic E-state index is -0.208. The van der Waals surface area contributed by atoms with Gasteiger partial charge in [-0.3, -0.25) is 9.59 Å². The number of aryl methyl sites for hydroxylation is 1. The van der Waals surface area contributed by atoms with Gasteiger partial charge in [0.1, 0.15) is 6.07 Å². The lowest BCUT2D eigenvalue weighted by molar-refractivity contribution is -0.117. The van der Waals surface area contributed by atoms with E-state index in [0.717, 1.165) is 30.0 Å². The van der Waals surface area contributed by atoms with E-state index in [-0.39, 0.29) is 24.8 Å². The van der Waals surface area contributed by atoms with Crippen LogP contribution in [0.3, 0.4) is 0 Å². The molecule has 6 heteroatoms. The molecule has 2 aromatic carbocycles. The number of nitrogens with zero attached hydrogens (tertiary/aromatic N) is 3. The number of nitriles is 1. The van der Waals surface area contributed by atoms with Gasteiger partial charge in [0.25, 0.3) is 0 Å². The summed E-state index contributed by atoms with van der Waals surface area (Å²) in [5, 5.41) is 12.2. The Hall–Kier alpha value is -3.33. The highest BCUT2D eigenvalue weighted by atomic mass is 16.2. The van der Waals surface area contributed by atoms with E-state index < -0.39 is 0 Å². The summed E-state index contributed by atoms with van der Waals surface area (Å²) in [6.45, 7) is 9.67. The SMILES string of the molecule is CCN(CC)c1ccc(NC(=O)CCN(C(C)=O)c2ccccc2C#N)c(C)c1. The molecule has 1 N–H and O–H groups in total. The molecular formula is C23H28N4O2. The third kappa shape index (κ3) is 5.58. The number of benzene rings is 2. The van der Waals surface area contributed by atoms with Gasteiger partial charge in [-0.2, -0.15) is 5.26 Å². The van der Waals surface area contributed by atoms with E-state index in [1.165, 1.54) is 11.8 Å². The molecule has 0 heterocycles. The molecule has 29 heavy (non-hydrogen) atoms. The van der Waals surface area contributed by atoms with Gasteiger partial charge in [-0.25, -0.2) is 0 Å². The molecule has 0 saturated heterocycles. The predicted molar refractivity (Wildman–Crippen MR) is 117 cm³/mol. The number of amides is 2. The standard InChI is InChI=1S/C23H28N4O2/c1-5-26(6-2)20-11-12-21(17(3)15-20)25-23(29)13-14-27(18(4)28)22-10-8-7-9-19(22)16-24/h7-12,15H,5-6,13-14H2,1-4H3,(H,25,29). The Morgan fingerprint density at radius 2 is 1.79 bits per heavy atom. The van der Waals surface area contributed by atoms with Gasteiger partial charge < -0.3 is 15.1 Å². The second-order valence-electron chi connectivity index (χ2n) is 6.77. The van der Waals surface area contributed by atoms with E-state index in [9.17, 15) is 14.9 Å². The lowest BCUT2D eigenvalue weighted by Crippen LogP contribution is -2.32. The molecule has 0 atom stereocenters. The van der Waals surface area contributed by atoms with E-state index in [2.05, 4.69) is 36.2 Å². The van der Waals surface area contributed by atoms with Crippen molar-refractivity contribution in [1.82, 2.24) is 0 Å². The van der Waals surface area contributed by atoms with Crippen molar-refractivity contribution in [1.29, 1.82) is 5.26 Å². The van der Waals surface area contributed by atoms with Gasteiger partial charge in [-0.1, -0.05) is 12.1 Å². The van der Waals surface area contributed by atoms with Gasteiger partial charge in [-0.05, 0) is 56.7 Å². The van der Waals surface area contributed by atoms with Crippen molar-refractivity contribution in [2.24, 2.45) is 0 Å². The van der Waals surface area contributed by atoms with Crippen LogP contribution in [-0.2, 0) is 9.59 Å². The first-order valence-electron chi connectivity index (χ1n) is 9.83. The molecule has 2 aromatic rings. The van der Waals surface area contributed by atoms with E-state index in [4.69, 9.17) is 0 Å². The van der Waals surface area contributed by atoms with Gasteiger partial charge in [-0.15, -0.1) is 0 Å². The number of nitrogens with one attached hydrogen (secondary N) is 1.